The molecule has 2 aromatic rings. The highest BCUT2D eigenvalue weighted by molar-refractivity contribution is 6.45. The number of hydrogen-bond acceptors (Lipinski definition) is 2. The van der Waals surface area contributed by atoms with Crippen molar-refractivity contribution in [2.75, 3.05) is 0 Å². The topological polar surface area (TPSA) is 37.3 Å². The van der Waals surface area contributed by atoms with Gasteiger partial charge in [-0.15, -0.1) is 23.2 Å². The summed E-state index contributed by atoms with van der Waals surface area (Å²) in [5.74, 6) is 2.34. The minimum absolute atomic E-state index is 0.107. The minimum atomic E-state index is -0.578. The quantitative estimate of drug-likeness (QED) is 0.346. The molecule has 0 amide bonds. The third kappa shape index (κ3) is 5.42. The molecule has 2 aromatic carbocycles. The first-order chi connectivity index (χ1) is 18.9. The van der Waals surface area contributed by atoms with E-state index in [2.05, 4.69) is 20.8 Å². The zero-order chi connectivity index (χ0) is 28.9. The monoisotopic (exact) mass is 620 g/mol. The molecule has 4 aliphatic carbocycles. The lowest BCUT2D eigenvalue weighted by atomic mass is 9.46. The first-order valence-corrected chi connectivity index (χ1v) is 16.2. The van der Waals surface area contributed by atoms with Crippen LogP contribution in [0.25, 0.3) is 0 Å². The van der Waals surface area contributed by atoms with Crippen LogP contribution >= 0.6 is 46.4 Å². The summed E-state index contributed by atoms with van der Waals surface area (Å²) in [6.07, 6.45) is 10.7. The smallest absolute Gasteiger partial charge is 0.155 e. The summed E-state index contributed by atoms with van der Waals surface area (Å²) in [6, 6.07) is 15.0. The van der Waals surface area contributed by atoms with Crippen molar-refractivity contribution in [2.24, 2.45) is 28.6 Å². The van der Waals surface area contributed by atoms with E-state index in [9.17, 15) is 9.90 Å². The molecule has 0 bridgehead atoms. The number of alkyl halides is 2. The molecule has 40 heavy (non-hydrogen) atoms. The van der Waals surface area contributed by atoms with Gasteiger partial charge in [-0.25, -0.2) is 0 Å². The fraction of sp³-hybridized carbons (Fsp3) is 0.559. The Bertz CT molecular complexity index is 1270. The van der Waals surface area contributed by atoms with E-state index >= 15 is 0 Å². The second-order valence-electron chi connectivity index (χ2n) is 13.1. The lowest BCUT2D eigenvalue weighted by Crippen LogP contribution is -2.53. The summed E-state index contributed by atoms with van der Waals surface area (Å²) < 4.78 is 0. The van der Waals surface area contributed by atoms with Crippen molar-refractivity contribution in [2.45, 2.75) is 88.5 Å². The Kier molecular flexibility index (Phi) is 8.80. The van der Waals surface area contributed by atoms with E-state index in [4.69, 9.17) is 46.4 Å². The molecule has 3 fully saturated rings. The highest BCUT2D eigenvalue weighted by Gasteiger charge is 2.62. The molecule has 4 aliphatic rings. The van der Waals surface area contributed by atoms with Crippen LogP contribution in [0, 0.1) is 28.6 Å². The Labute approximate surface area is 259 Å². The van der Waals surface area contributed by atoms with E-state index in [0.717, 1.165) is 55.1 Å². The molecule has 1 N–H and O–H groups in total. The number of benzene rings is 2. The number of fused-ring (bicyclic) bond motifs is 5. The summed E-state index contributed by atoms with van der Waals surface area (Å²) in [5.41, 5.74) is 3.22. The van der Waals surface area contributed by atoms with Crippen molar-refractivity contribution in [3.8, 4) is 0 Å². The van der Waals surface area contributed by atoms with Gasteiger partial charge >= 0.3 is 0 Å². The summed E-state index contributed by atoms with van der Waals surface area (Å²) >= 11 is 24.3. The second-order valence-corrected chi connectivity index (χ2v) is 15.1. The van der Waals surface area contributed by atoms with Crippen LogP contribution in [-0.2, 0) is 4.79 Å². The zero-order valence-corrected chi connectivity index (χ0v) is 26.6. The van der Waals surface area contributed by atoms with Gasteiger partial charge in [-0.1, -0.05) is 73.0 Å². The molecular weight excluding hydrogens is 582 g/mol. The van der Waals surface area contributed by atoms with Crippen LogP contribution < -0.4 is 0 Å². The molecule has 7 atom stereocenters. The molecule has 0 saturated heterocycles. The van der Waals surface area contributed by atoms with Crippen LogP contribution in [-0.4, -0.2) is 21.3 Å². The predicted octanol–water partition coefficient (Wildman–Crippen LogP) is 10.2. The number of rotatable bonds is 3. The van der Waals surface area contributed by atoms with Crippen LogP contribution in [0.1, 0.15) is 89.2 Å². The molecule has 0 radical (unpaired) electrons. The van der Waals surface area contributed by atoms with Crippen molar-refractivity contribution in [1.82, 2.24) is 0 Å². The van der Waals surface area contributed by atoms with Crippen molar-refractivity contribution in [3.63, 3.8) is 0 Å². The minimum Gasteiger partial charge on any atom is -0.390 e. The summed E-state index contributed by atoms with van der Waals surface area (Å²) in [6.45, 7) is 6.85. The largest absolute Gasteiger partial charge is 0.390 e. The molecule has 216 valence electrons. The average Bonchev–Trinajstić information content (AvgIpc) is 3.16. The van der Waals surface area contributed by atoms with Gasteiger partial charge in [0.2, 0.25) is 0 Å². The SMILES string of the molecule is C[C@]12CCC(=O)C=C1CC[C@@H]1[C@@H]2CC[C@@]2(C)[C@H]1CC[C@]2(C)O.Clc1ccc(C(c2ccccc2Cl)C(Cl)Cl)cc1. The van der Waals surface area contributed by atoms with Gasteiger partial charge in [-0.2, -0.15) is 0 Å². The zero-order valence-electron chi connectivity index (χ0n) is 23.6. The van der Waals surface area contributed by atoms with E-state index in [0.29, 0.717) is 21.7 Å². The maximum absolute atomic E-state index is 11.8. The Balaban J connectivity index is 0.000000165. The van der Waals surface area contributed by atoms with Crippen LogP contribution in [0.3, 0.4) is 0 Å². The number of hydrogen-bond donors (Lipinski definition) is 1. The van der Waals surface area contributed by atoms with Gasteiger partial charge in [0, 0.05) is 22.4 Å². The molecule has 0 aromatic heterocycles. The lowest BCUT2D eigenvalue weighted by Gasteiger charge is -2.58. The standard InChI is InChI=1S/C20H30O2.C14H10Cl4/c1-18-9-6-14(21)12-13(18)4-5-15-16(18)7-10-19(2)17(15)8-11-20(19,3)22;15-10-7-5-9(6-8-10)13(14(17)18)11-3-1-2-4-12(11)16/h12,15-17,22H,4-11H2,1-3H3;1-8,13-14H/t15-,16+,17+,18+,19+,20+;/m1./s1. The van der Waals surface area contributed by atoms with Crippen molar-refractivity contribution in [1.29, 1.82) is 0 Å². The van der Waals surface area contributed by atoms with Crippen molar-refractivity contribution < 1.29 is 9.90 Å². The van der Waals surface area contributed by atoms with Crippen molar-refractivity contribution >= 4 is 52.2 Å². The molecule has 0 aliphatic heterocycles. The predicted molar refractivity (Wildman–Crippen MR) is 168 cm³/mol. The van der Waals surface area contributed by atoms with E-state index < -0.39 is 10.4 Å². The third-order valence-electron chi connectivity index (χ3n) is 11.2. The number of allylic oxidation sites excluding steroid dienone is 1. The molecule has 6 rings (SSSR count). The van der Waals surface area contributed by atoms with Crippen LogP contribution in [0.5, 0.6) is 0 Å². The Morgan fingerprint density at radius 2 is 1.52 bits per heavy atom. The highest BCUT2D eigenvalue weighted by Crippen LogP contribution is 2.67. The van der Waals surface area contributed by atoms with Crippen LogP contribution in [0.4, 0.5) is 0 Å². The fourth-order valence-electron chi connectivity index (χ4n) is 8.66. The van der Waals surface area contributed by atoms with Gasteiger partial charge in [-0.05, 0) is 116 Å². The number of carbonyl (C=O) groups excluding carboxylic acids is 1. The summed E-state index contributed by atoms with van der Waals surface area (Å²) in [7, 11) is 0. The molecule has 3 saturated carbocycles. The average molecular weight is 623 g/mol. The van der Waals surface area contributed by atoms with Gasteiger partial charge in [0.1, 0.15) is 4.84 Å². The Morgan fingerprint density at radius 1 is 0.850 bits per heavy atom. The molecule has 0 spiro atoms. The molecule has 0 heterocycles. The molecule has 1 unspecified atom stereocenters. The second kappa shape index (κ2) is 11.6. The molecule has 6 heteroatoms. The molecular formula is C34H40Cl4O2. The lowest BCUT2D eigenvalue weighted by molar-refractivity contribution is -0.124. The van der Waals surface area contributed by atoms with Gasteiger partial charge in [0.15, 0.2) is 5.78 Å². The summed E-state index contributed by atoms with van der Waals surface area (Å²) in [5, 5.41) is 12.2. The van der Waals surface area contributed by atoms with Gasteiger partial charge in [-0.3, -0.25) is 4.79 Å². The van der Waals surface area contributed by atoms with Crippen molar-refractivity contribution in [3.05, 3.63) is 81.4 Å². The van der Waals surface area contributed by atoms with Gasteiger partial charge in [0.25, 0.3) is 0 Å². The Morgan fingerprint density at radius 3 is 2.20 bits per heavy atom. The van der Waals surface area contributed by atoms with Crippen LogP contribution in [0.2, 0.25) is 10.0 Å². The number of aliphatic hydroxyl groups is 1. The first kappa shape index (κ1) is 30.4. The number of halogens is 4. The number of carbonyl (C=O) groups is 1. The molecule has 2 nitrogen and oxygen atoms in total. The fourth-order valence-corrected chi connectivity index (χ4v) is 9.60. The van der Waals surface area contributed by atoms with E-state index in [1.54, 1.807) is 0 Å². The third-order valence-corrected chi connectivity index (χ3v) is 12.3. The van der Waals surface area contributed by atoms with E-state index in [-0.39, 0.29) is 16.7 Å². The maximum atomic E-state index is 11.8. The van der Waals surface area contributed by atoms with Crippen LogP contribution in [0.15, 0.2) is 60.2 Å². The normalized spacial score (nSPS) is 35.6. The highest BCUT2D eigenvalue weighted by atomic mass is 35.5. The van der Waals surface area contributed by atoms with E-state index in [1.807, 2.05) is 54.6 Å². The first-order valence-electron chi connectivity index (χ1n) is 14.6. The van der Waals surface area contributed by atoms with Gasteiger partial charge < -0.3 is 5.11 Å². The van der Waals surface area contributed by atoms with E-state index in [1.165, 1.54) is 24.8 Å². The number of ketones is 1. The Hall–Kier alpha value is -1.03. The maximum Gasteiger partial charge on any atom is 0.155 e. The summed E-state index contributed by atoms with van der Waals surface area (Å²) in [4.78, 5) is 11.3. The van der Waals surface area contributed by atoms with Gasteiger partial charge in [0.05, 0.1) is 5.60 Å².